The molecule has 29 heavy (non-hydrogen) atoms. The molecule has 158 valence electrons. The van der Waals surface area contributed by atoms with Crippen LogP contribution in [0.4, 0.5) is 0 Å². The fourth-order valence-corrected chi connectivity index (χ4v) is 3.40. The highest BCUT2D eigenvalue weighted by molar-refractivity contribution is 5.26. The van der Waals surface area contributed by atoms with Crippen LogP contribution in [0, 0.1) is 11.8 Å². The summed E-state index contributed by atoms with van der Waals surface area (Å²) in [5.74, 6) is 1.76. The van der Waals surface area contributed by atoms with Gasteiger partial charge in [-0.3, -0.25) is 0 Å². The van der Waals surface area contributed by atoms with E-state index in [0.717, 1.165) is 24.2 Å². The Bertz CT molecular complexity index is 694. The highest BCUT2D eigenvalue weighted by atomic mass is 16.5. The number of ether oxygens (including phenoxy) is 3. The highest BCUT2D eigenvalue weighted by Crippen LogP contribution is 2.26. The zero-order valence-electron chi connectivity index (χ0n) is 18.3. The molecule has 0 aromatic heterocycles. The van der Waals surface area contributed by atoms with Crippen LogP contribution in [0.5, 0.6) is 5.75 Å². The predicted octanol–water partition coefficient (Wildman–Crippen LogP) is 6.42. The van der Waals surface area contributed by atoms with Crippen molar-refractivity contribution in [3.63, 3.8) is 0 Å². The van der Waals surface area contributed by atoms with E-state index >= 15 is 0 Å². The van der Waals surface area contributed by atoms with Crippen LogP contribution >= 0.6 is 0 Å². The highest BCUT2D eigenvalue weighted by Gasteiger charge is 2.26. The van der Waals surface area contributed by atoms with Crippen LogP contribution in [-0.4, -0.2) is 19.3 Å². The summed E-state index contributed by atoms with van der Waals surface area (Å²) in [7, 11) is 1.68. The van der Waals surface area contributed by atoms with E-state index < -0.39 is 0 Å². The molecule has 0 N–H and O–H groups in total. The second-order valence-corrected chi connectivity index (χ2v) is 8.00. The Labute approximate surface area is 176 Å². The Morgan fingerprint density at radius 2 is 1.45 bits per heavy atom. The molecule has 0 aliphatic heterocycles. The second kappa shape index (κ2) is 12.5. The first-order valence-electron chi connectivity index (χ1n) is 10.6. The normalized spacial score (nSPS) is 14.4. The van der Waals surface area contributed by atoms with Crippen molar-refractivity contribution in [2.75, 3.05) is 7.11 Å². The Balaban J connectivity index is 1.99. The number of hydrogen-bond acceptors (Lipinski definition) is 3. The van der Waals surface area contributed by atoms with Gasteiger partial charge in [0.1, 0.15) is 5.75 Å². The van der Waals surface area contributed by atoms with Gasteiger partial charge in [0.25, 0.3) is 0 Å². The summed E-state index contributed by atoms with van der Waals surface area (Å²) >= 11 is 0. The molecule has 0 aliphatic rings. The lowest BCUT2D eigenvalue weighted by Gasteiger charge is -2.31. The van der Waals surface area contributed by atoms with Crippen LogP contribution in [0.2, 0.25) is 0 Å². The lowest BCUT2D eigenvalue weighted by molar-refractivity contribution is -0.0552. The fraction of sp³-hybridized carbons (Fsp3) is 0.462. The Kier molecular flexibility index (Phi) is 9.96. The molecular weight excluding hydrogens is 360 g/mol. The lowest BCUT2D eigenvalue weighted by atomic mass is 9.88. The van der Waals surface area contributed by atoms with Gasteiger partial charge in [-0.15, -0.1) is 6.58 Å². The van der Waals surface area contributed by atoms with E-state index in [1.165, 1.54) is 5.56 Å². The van der Waals surface area contributed by atoms with E-state index in [1.807, 2.05) is 48.5 Å². The summed E-state index contributed by atoms with van der Waals surface area (Å²) in [5.41, 5.74) is 2.31. The number of benzene rings is 2. The topological polar surface area (TPSA) is 27.7 Å². The van der Waals surface area contributed by atoms with Gasteiger partial charge >= 0.3 is 0 Å². The predicted molar refractivity (Wildman–Crippen MR) is 120 cm³/mol. The minimum atomic E-state index is -0.0418. The first-order valence-corrected chi connectivity index (χ1v) is 10.6. The molecule has 0 amide bonds. The average molecular weight is 397 g/mol. The molecule has 0 heterocycles. The molecule has 3 heteroatoms. The van der Waals surface area contributed by atoms with E-state index in [4.69, 9.17) is 14.2 Å². The lowest BCUT2D eigenvalue weighted by Crippen LogP contribution is -2.33. The Morgan fingerprint density at radius 1 is 0.828 bits per heavy atom. The zero-order valence-corrected chi connectivity index (χ0v) is 18.3. The molecule has 0 bridgehead atoms. The number of rotatable bonds is 13. The van der Waals surface area contributed by atoms with Crippen molar-refractivity contribution in [2.45, 2.75) is 59.0 Å². The Morgan fingerprint density at radius 3 is 2.03 bits per heavy atom. The van der Waals surface area contributed by atoms with Gasteiger partial charge in [-0.2, -0.15) is 0 Å². The van der Waals surface area contributed by atoms with Crippen LogP contribution in [0.1, 0.15) is 44.7 Å². The summed E-state index contributed by atoms with van der Waals surface area (Å²) in [4.78, 5) is 0. The summed E-state index contributed by atoms with van der Waals surface area (Å²) in [6.07, 6.45) is 4.14. The van der Waals surface area contributed by atoms with Crippen molar-refractivity contribution in [1.82, 2.24) is 0 Å². The maximum absolute atomic E-state index is 6.26. The molecular formula is C26H36O3. The van der Waals surface area contributed by atoms with Gasteiger partial charge in [0.15, 0.2) is 0 Å². The Hall–Kier alpha value is -2.10. The van der Waals surface area contributed by atoms with Gasteiger partial charge in [0.05, 0.1) is 32.5 Å². The van der Waals surface area contributed by atoms with E-state index in [2.05, 4.69) is 39.5 Å². The van der Waals surface area contributed by atoms with Crippen LogP contribution < -0.4 is 4.74 Å². The molecule has 3 atom stereocenters. The van der Waals surface area contributed by atoms with Gasteiger partial charge in [-0.25, -0.2) is 0 Å². The van der Waals surface area contributed by atoms with Gasteiger partial charge in [0, 0.05) is 5.92 Å². The van der Waals surface area contributed by atoms with Crippen molar-refractivity contribution in [2.24, 2.45) is 11.8 Å². The maximum Gasteiger partial charge on any atom is 0.118 e. The average Bonchev–Trinajstić information content (AvgIpc) is 2.75. The fourth-order valence-electron chi connectivity index (χ4n) is 3.40. The van der Waals surface area contributed by atoms with Crippen LogP contribution in [0.25, 0.3) is 0 Å². The van der Waals surface area contributed by atoms with Gasteiger partial charge < -0.3 is 14.2 Å². The summed E-state index contributed by atoms with van der Waals surface area (Å²) in [6.45, 7) is 11.9. The van der Waals surface area contributed by atoms with Crippen molar-refractivity contribution in [1.29, 1.82) is 0 Å². The third-order valence-corrected chi connectivity index (χ3v) is 5.29. The third kappa shape index (κ3) is 8.04. The molecule has 0 fully saturated rings. The second-order valence-electron chi connectivity index (χ2n) is 8.00. The molecule has 0 saturated carbocycles. The first kappa shape index (κ1) is 23.2. The van der Waals surface area contributed by atoms with E-state index in [1.54, 1.807) is 7.11 Å². The SMILES string of the molecule is C=C[C@H](OCc1ccccc1)[C@@H](CCC(C)C)[C@H](C)OCc1ccc(OC)cc1. The maximum atomic E-state index is 6.26. The minimum Gasteiger partial charge on any atom is -0.497 e. The summed E-state index contributed by atoms with van der Waals surface area (Å²) < 4.78 is 17.8. The third-order valence-electron chi connectivity index (χ3n) is 5.29. The molecule has 0 unspecified atom stereocenters. The molecule has 2 rings (SSSR count). The minimum absolute atomic E-state index is 0.0418. The molecule has 3 nitrogen and oxygen atoms in total. The monoisotopic (exact) mass is 396 g/mol. The van der Waals surface area contributed by atoms with Crippen LogP contribution in [0.15, 0.2) is 67.3 Å². The molecule has 0 aliphatic carbocycles. The van der Waals surface area contributed by atoms with Gasteiger partial charge in [-0.1, -0.05) is 68.8 Å². The molecule has 2 aromatic rings. The summed E-state index contributed by atoms with van der Waals surface area (Å²) in [6, 6.07) is 18.3. The number of hydrogen-bond donors (Lipinski definition) is 0. The largest absolute Gasteiger partial charge is 0.497 e. The molecule has 0 radical (unpaired) electrons. The number of methoxy groups -OCH3 is 1. The van der Waals surface area contributed by atoms with Crippen molar-refractivity contribution >= 4 is 0 Å². The van der Waals surface area contributed by atoms with Crippen LogP contribution in [0.3, 0.4) is 0 Å². The smallest absolute Gasteiger partial charge is 0.118 e. The van der Waals surface area contributed by atoms with E-state index in [-0.39, 0.29) is 18.1 Å². The van der Waals surface area contributed by atoms with Gasteiger partial charge in [-0.05, 0) is 42.5 Å². The van der Waals surface area contributed by atoms with Crippen molar-refractivity contribution < 1.29 is 14.2 Å². The summed E-state index contributed by atoms with van der Waals surface area (Å²) in [5, 5.41) is 0. The van der Waals surface area contributed by atoms with Gasteiger partial charge in [0.2, 0.25) is 0 Å². The first-order chi connectivity index (χ1) is 14.0. The molecule has 0 spiro atoms. The van der Waals surface area contributed by atoms with E-state index in [0.29, 0.717) is 19.1 Å². The standard InChI is InChI=1S/C26H36O3/c1-6-26(29-19-22-10-8-7-9-11-22)25(17-12-20(2)3)21(4)28-18-23-13-15-24(27-5)16-14-23/h6-11,13-16,20-21,25-26H,1,12,17-19H2,2-5H3/t21-,25-,26-/m0/s1. The van der Waals surface area contributed by atoms with Crippen molar-refractivity contribution in [3.8, 4) is 5.75 Å². The molecule has 0 saturated heterocycles. The van der Waals surface area contributed by atoms with Crippen LogP contribution in [-0.2, 0) is 22.7 Å². The van der Waals surface area contributed by atoms with Crippen molar-refractivity contribution in [3.05, 3.63) is 78.4 Å². The van der Waals surface area contributed by atoms with E-state index in [9.17, 15) is 0 Å². The zero-order chi connectivity index (χ0) is 21.1. The molecule has 2 aromatic carbocycles. The quantitative estimate of drug-likeness (QED) is 0.365.